The molecule has 2 aliphatic rings. The number of carboxylic acid groups (broad SMARTS) is 1. The maximum absolute atomic E-state index is 12.1. The number of thioether (sulfide) groups is 1. The highest BCUT2D eigenvalue weighted by Crippen LogP contribution is 2.37. The van der Waals surface area contributed by atoms with Crippen LogP contribution in [-0.4, -0.2) is 59.1 Å². The van der Waals surface area contributed by atoms with Crippen LogP contribution in [-0.2, 0) is 16.1 Å². The summed E-state index contributed by atoms with van der Waals surface area (Å²) in [4.78, 5) is 16.7. The molecule has 28 heavy (non-hydrogen) atoms. The molecule has 0 bridgehead atoms. The Labute approximate surface area is 172 Å². The topological polar surface area (TPSA) is 53.0 Å². The van der Waals surface area contributed by atoms with Crippen molar-refractivity contribution in [2.45, 2.75) is 40.4 Å². The van der Waals surface area contributed by atoms with Crippen LogP contribution in [0.4, 0.5) is 0 Å². The molecule has 5 nitrogen and oxygen atoms in total. The number of rotatable bonds is 6. The molecule has 6 heteroatoms. The maximum atomic E-state index is 12.1. The zero-order valence-corrected chi connectivity index (χ0v) is 18.0. The zero-order valence-electron chi connectivity index (χ0n) is 17.2. The van der Waals surface area contributed by atoms with Crippen molar-refractivity contribution in [2.24, 2.45) is 0 Å². The summed E-state index contributed by atoms with van der Waals surface area (Å²) >= 11 is 1.62. The largest absolute Gasteiger partial charge is 0.478 e. The van der Waals surface area contributed by atoms with Gasteiger partial charge in [-0.2, -0.15) is 0 Å². The number of benzene rings is 1. The van der Waals surface area contributed by atoms with Crippen LogP contribution in [0.15, 0.2) is 40.5 Å². The van der Waals surface area contributed by atoms with E-state index in [-0.39, 0.29) is 6.17 Å². The van der Waals surface area contributed by atoms with Crippen molar-refractivity contribution in [2.75, 3.05) is 32.1 Å². The van der Waals surface area contributed by atoms with E-state index in [1.165, 1.54) is 16.7 Å². The molecule has 0 amide bonds. The van der Waals surface area contributed by atoms with Gasteiger partial charge in [0.05, 0.1) is 23.8 Å². The Morgan fingerprint density at radius 2 is 1.82 bits per heavy atom. The summed E-state index contributed by atoms with van der Waals surface area (Å²) in [7, 11) is 0. The Balaban J connectivity index is 2.04. The monoisotopic (exact) mass is 402 g/mol. The first-order chi connectivity index (χ1) is 13.4. The molecular formula is C22H30N2O3S. The van der Waals surface area contributed by atoms with Crippen LogP contribution in [0.25, 0.3) is 0 Å². The summed E-state index contributed by atoms with van der Waals surface area (Å²) in [5.74, 6) is -0.0194. The molecule has 1 aromatic rings. The van der Waals surface area contributed by atoms with E-state index < -0.39 is 5.97 Å². The molecule has 0 aliphatic carbocycles. The second-order valence-corrected chi connectivity index (χ2v) is 8.71. The summed E-state index contributed by atoms with van der Waals surface area (Å²) in [5.41, 5.74) is 4.95. The summed E-state index contributed by atoms with van der Waals surface area (Å²) in [6, 6.07) is 6.57. The average molecular weight is 403 g/mol. The van der Waals surface area contributed by atoms with Crippen molar-refractivity contribution in [3.8, 4) is 0 Å². The molecule has 0 saturated carbocycles. The fourth-order valence-electron chi connectivity index (χ4n) is 4.05. The van der Waals surface area contributed by atoms with Crippen molar-refractivity contribution >= 4 is 17.7 Å². The van der Waals surface area contributed by atoms with E-state index in [2.05, 4.69) is 54.8 Å². The van der Waals surface area contributed by atoms with Gasteiger partial charge in [-0.15, -0.1) is 11.8 Å². The molecule has 1 fully saturated rings. The van der Waals surface area contributed by atoms with E-state index in [1.807, 2.05) is 6.92 Å². The van der Waals surface area contributed by atoms with Crippen LogP contribution < -0.4 is 0 Å². The van der Waals surface area contributed by atoms with Crippen molar-refractivity contribution in [1.29, 1.82) is 0 Å². The molecule has 1 N–H and O–H groups in total. The SMILES string of the molecule is CCSC1=C(C(=O)O)C(C)=CC(N2CCOCC2)N1Cc1cc(C)cc(C)c1. The van der Waals surface area contributed by atoms with E-state index in [0.717, 1.165) is 29.4 Å². The number of morpholine rings is 1. The Morgan fingerprint density at radius 3 is 2.39 bits per heavy atom. The lowest BCUT2D eigenvalue weighted by Crippen LogP contribution is -2.52. The normalized spacial score (nSPS) is 21.1. The van der Waals surface area contributed by atoms with E-state index >= 15 is 0 Å². The van der Waals surface area contributed by atoms with Crippen molar-refractivity contribution in [1.82, 2.24) is 9.80 Å². The minimum atomic E-state index is -0.851. The third-order valence-electron chi connectivity index (χ3n) is 5.14. The molecule has 152 valence electrons. The van der Waals surface area contributed by atoms with Crippen LogP contribution in [0.2, 0.25) is 0 Å². The van der Waals surface area contributed by atoms with E-state index in [0.29, 0.717) is 25.3 Å². The molecule has 1 aromatic carbocycles. The van der Waals surface area contributed by atoms with Gasteiger partial charge in [-0.05, 0) is 43.7 Å². The fourth-order valence-corrected chi connectivity index (χ4v) is 5.05. The van der Waals surface area contributed by atoms with Gasteiger partial charge in [0.1, 0.15) is 6.17 Å². The molecular weight excluding hydrogens is 372 g/mol. The Bertz CT molecular complexity index is 777. The predicted molar refractivity (Wildman–Crippen MR) is 114 cm³/mol. The minimum absolute atomic E-state index is 0.0434. The van der Waals surface area contributed by atoms with Crippen LogP contribution in [0, 0.1) is 13.8 Å². The van der Waals surface area contributed by atoms with Gasteiger partial charge in [0.25, 0.3) is 0 Å². The highest BCUT2D eigenvalue weighted by Gasteiger charge is 2.34. The standard InChI is InChI=1S/C22H30N2O3S/c1-5-28-21-20(22(25)26)17(4)13-19(23-6-8-27-9-7-23)24(21)14-18-11-15(2)10-16(3)12-18/h10-13,19H,5-9,14H2,1-4H3,(H,25,26). The predicted octanol–water partition coefficient (Wildman–Crippen LogP) is 3.77. The van der Waals surface area contributed by atoms with E-state index in [1.54, 1.807) is 11.8 Å². The zero-order chi connectivity index (χ0) is 20.3. The van der Waals surface area contributed by atoms with Gasteiger partial charge in [-0.3, -0.25) is 4.90 Å². The number of hydrogen-bond acceptors (Lipinski definition) is 5. The quantitative estimate of drug-likeness (QED) is 0.782. The lowest BCUT2D eigenvalue weighted by atomic mass is 10.0. The Morgan fingerprint density at radius 1 is 1.18 bits per heavy atom. The highest BCUT2D eigenvalue weighted by molar-refractivity contribution is 8.03. The fraction of sp³-hybridized carbons (Fsp3) is 0.500. The summed E-state index contributed by atoms with van der Waals surface area (Å²) in [5, 5.41) is 10.8. The van der Waals surface area contributed by atoms with Gasteiger partial charge in [0.2, 0.25) is 0 Å². The number of carbonyl (C=O) groups is 1. The molecule has 1 atom stereocenters. The molecule has 1 unspecified atom stereocenters. The van der Waals surface area contributed by atoms with Gasteiger partial charge in [-0.1, -0.05) is 36.2 Å². The third kappa shape index (κ3) is 4.62. The molecule has 2 aliphatic heterocycles. The van der Waals surface area contributed by atoms with E-state index in [9.17, 15) is 9.90 Å². The van der Waals surface area contributed by atoms with Crippen LogP contribution in [0.5, 0.6) is 0 Å². The summed E-state index contributed by atoms with van der Waals surface area (Å²) in [6.45, 7) is 12.0. The average Bonchev–Trinajstić information content (AvgIpc) is 2.63. The van der Waals surface area contributed by atoms with Gasteiger partial charge >= 0.3 is 5.97 Å². The Kier molecular flexibility index (Phi) is 6.86. The minimum Gasteiger partial charge on any atom is -0.478 e. The molecule has 0 spiro atoms. The van der Waals surface area contributed by atoms with Crippen molar-refractivity contribution in [3.05, 3.63) is 57.1 Å². The van der Waals surface area contributed by atoms with Gasteiger partial charge in [0, 0.05) is 19.6 Å². The van der Waals surface area contributed by atoms with Crippen LogP contribution in [0.1, 0.15) is 30.5 Å². The van der Waals surface area contributed by atoms with Crippen LogP contribution >= 0.6 is 11.8 Å². The number of carboxylic acids is 1. The van der Waals surface area contributed by atoms with E-state index in [4.69, 9.17) is 4.74 Å². The first-order valence-corrected chi connectivity index (χ1v) is 10.8. The lowest BCUT2D eigenvalue weighted by molar-refractivity contribution is -0.132. The molecule has 0 aromatic heterocycles. The number of hydrogen-bond donors (Lipinski definition) is 1. The second kappa shape index (κ2) is 9.16. The van der Waals surface area contributed by atoms with Crippen molar-refractivity contribution in [3.63, 3.8) is 0 Å². The second-order valence-electron chi connectivity index (χ2n) is 7.45. The number of aliphatic carboxylic acids is 1. The highest BCUT2D eigenvalue weighted by atomic mass is 32.2. The summed E-state index contributed by atoms with van der Waals surface area (Å²) < 4.78 is 5.54. The third-order valence-corrected chi connectivity index (χ3v) is 6.14. The molecule has 0 radical (unpaired) electrons. The lowest BCUT2D eigenvalue weighted by Gasteiger charge is -2.44. The number of aryl methyl sites for hydroxylation is 2. The smallest absolute Gasteiger partial charge is 0.338 e. The number of nitrogens with zero attached hydrogens (tertiary/aromatic N) is 2. The summed E-state index contributed by atoms with van der Waals surface area (Å²) in [6.07, 6.45) is 2.15. The van der Waals surface area contributed by atoms with Gasteiger partial charge in [-0.25, -0.2) is 4.79 Å². The van der Waals surface area contributed by atoms with Gasteiger partial charge < -0.3 is 14.7 Å². The van der Waals surface area contributed by atoms with Gasteiger partial charge in [0.15, 0.2) is 0 Å². The Hall–Kier alpha value is -1.76. The first kappa shape index (κ1) is 21.0. The first-order valence-electron chi connectivity index (χ1n) is 9.85. The molecule has 3 rings (SSSR count). The maximum Gasteiger partial charge on any atom is 0.338 e. The molecule has 1 saturated heterocycles. The molecule has 2 heterocycles. The van der Waals surface area contributed by atoms with Crippen molar-refractivity contribution < 1.29 is 14.6 Å². The van der Waals surface area contributed by atoms with Crippen LogP contribution in [0.3, 0.4) is 0 Å². The number of ether oxygens (including phenoxy) is 1.